The van der Waals surface area contributed by atoms with Crippen LogP contribution in [-0.4, -0.2) is 157 Å². The number of carbonyl (C=O) groups excluding carboxylic acids is 4. The quantitative estimate of drug-likeness (QED) is 0.0207. The molecule has 2 saturated heterocycles. The number of benzene rings is 2. The van der Waals surface area contributed by atoms with E-state index in [0.717, 1.165) is 39.1 Å². The Hall–Kier alpha value is -6.46. The predicted octanol–water partition coefficient (Wildman–Crippen LogP) is -2.38. The Morgan fingerprint density at radius 1 is 1.02 bits per heavy atom. The van der Waals surface area contributed by atoms with Crippen LogP contribution in [-0.2, 0) is 36.6 Å². The number of nitrogens with one attached hydrogen (secondary N) is 3. The fourth-order valence-corrected chi connectivity index (χ4v) is 9.23. The fourth-order valence-electron chi connectivity index (χ4n) is 6.29. The van der Waals surface area contributed by atoms with Crippen LogP contribution in [0, 0.1) is 0 Å². The van der Waals surface area contributed by atoms with Crippen molar-refractivity contribution in [1.29, 1.82) is 0 Å². The smallest absolute Gasteiger partial charge is 0.352 e. The zero-order valence-corrected chi connectivity index (χ0v) is 36.5. The van der Waals surface area contributed by atoms with E-state index in [1.807, 2.05) is 60.7 Å². The third kappa shape index (κ3) is 11.1. The highest BCUT2D eigenvalue weighted by Crippen LogP contribution is 2.41. The number of aromatic nitrogens is 4. The highest BCUT2D eigenvalue weighted by atomic mass is 32.2. The van der Waals surface area contributed by atoms with Crippen molar-refractivity contribution >= 4 is 75.4 Å². The Morgan fingerprint density at radius 2 is 1.62 bits per heavy atom. The van der Waals surface area contributed by atoms with Gasteiger partial charge in [0.15, 0.2) is 21.5 Å². The van der Waals surface area contributed by atoms with Crippen LogP contribution in [0.1, 0.15) is 16.8 Å². The molecule has 0 unspecified atom stereocenters. The van der Waals surface area contributed by atoms with Gasteiger partial charge in [-0.25, -0.2) is 19.3 Å². The number of amides is 5. The van der Waals surface area contributed by atoms with Gasteiger partial charge in [-0.05, 0) is 16.7 Å². The summed E-state index contributed by atoms with van der Waals surface area (Å²) < 4.78 is 1.19. The first-order valence-corrected chi connectivity index (χ1v) is 21.7. The number of hydrogen-bond acceptors (Lipinski definition) is 21. The topological polar surface area (TPSA) is 375 Å². The summed E-state index contributed by atoms with van der Waals surface area (Å²) in [6.45, 7) is -1.28. The standard InChI is InChI=1S/C18H18N8O7S3.C15H12N2O2.C5H12O5/c1-25-18(22-12(28)13(29)23-25)36-4-6-3-34-15-9(14(30)26(15)10(6)16(31)32)21-11(27)8(24-33-2)7-5-35-17(19)20-7;18-13-15(17-14(19)16-13,11-7-3-1-4-8-11)12-9-5-2-6-10-12;6-1-3(8)5(10)4(9)2-7/h5,9,15H,3-4H2,1-2H3,(H2,19,20)(H,21,27)(H,23,29)(H,31,32);1-10H,(H2,16,17,18,19);3-10H,1-2H2/b24-8-;;/t9-,15-;;3-,4+,5+/m1../s1. The Morgan fingerprint density at radius 3 is 2.11 bits per heavy atom. The molecule has 3 aliphatic rings. The first-order valence-electron chi connectivity index (χ1n) is 18.8. The predicted molar refractivity (Wildman–Crippen MR) is 232 cm³/mol. The third-order valence-corrected chi connectivity index (χ3v) is 12.5. The largest absolute Gasteiger partial charge is 0.488 e. The molecule has 2 aromatic carbocycles. The van der Waals surface area contributed by atoms with Gasteiger partial charge in [0, 0.05) is 23.9 Å². The minimum absolute atomic E-state index is 0.102. The van der Waals surface area contributed by atoms with E-state index in [9.17, 15) is 39.0 Å². The molecule has 3 aliphatic heterocycles. The molecule has 5 atom stereocenters. The van der Waals surface area contributed by atoms with Crippen molar-refractivity contribution in [3.63, 3.8) is 0 Å². The molecule has 2 fully saturated rings. The number of nitrogens with two attached hydrogens (primary N) is 1. The molecule has 24 nitrogen and oxygen atoms in total. The number of oxime groups is 1. The van der Waals surface area contributed by atoms with Gasteiger partial charge in [0.1, 0.15) is 48.2 Å². The SMILES string of the molecule is CO/N=C(\C(=O)N[C@@H]1C(=O)N2C(C(=O)O)=C(CSc3nc(=O)c(O)nn3C)CS[C@H]12)c1csc(N)n1.O=C1NC(=O)C(c2ccccc2)(c2ccccc2)N1.OC[C@@H](O)[C@H](O)[C@@H](O)CO. The number of thioether (sulfide) groups is 2. The first-order chi connectivity index (χ1) is 31.0. The lowest BCUT2D eigenvalue weighted by molar-refractivity contribution is -0.150. The number of nitrogen functional groups attached to an aromatic ring is 1. The number of fused-ring (bicyclic) bond motifs is 1. The van der Waals surface area contributed by atoms with Crippen LogP contribution < -0.4 is 27.2 Å². The van der Waals surface area contributed by atoms with Crippen LogP contribution in [0.5, 0.6) is 5.88 Å². The number of carboxylic acids is 1. The number of aromatic hydroxyl groups is 1. The van der Waals surface area contributed by atoms with Gasteiger partial charge >= 0.3 is 17.6 Å². The average Bonchev–Trinajstić information content (AvgIpc) is 3.88. The number of anilines is 1. The van der Waals surface area contributed by atoms with E-state index >= 15 is 0 Å². The van der Waals surface area contributed by atoms with Gasteiger partial charge in [-0.3, -0.25) is 29.4 Å². The number of hydrogen-bond donors (Lipinski definition) is 11. The van der Waals surface area contributed by atoms with Crippen molar-refractivity contribution < 1.29 is 64.6 Å². The van der Waals surface area contributed by atoms with Crippen molar-refractivity contribution in [3.8, 4) is 5.88 Å². The molecule has 65 heavy (non-hydrogen) atoms. The number of thiazole rings is 1. The molecular weight excluding hydrogens is 917 g/mol. The first kappa shape index (κ1) is 49.6. The summed E-state index contributed by atoms with van der Waals surface area (Å²) in [7, 11) is 2.72. The van der Waals surface area contributed by atoms with Gasteiger partial charge in [-0.2, -0.15) is 4.98 Å². The van der Waals surface area contributed by atoms with Crippen LogP contribution in [0.4, 0.5) is 9.93 Å². The molecular formula is C38H42N10O14S3. The normalized spacial score (nSPS) is 18.8. The Kier molecular flexibility index (Phi) is 16.7. The van der Waals surface area contributed by atoms with Crippen molar-refractivity contribution in [1.82, 2.24) is 40.6 Å². The van der Waals surface area contributed by atoms with Gasteiger partial charge in [-0.1, -0.05) is 77.6 Å². The van der Waals surface area contributed by atoms with E-state index in [1.54, 1.807) is 0 Å². The molecule has 0 aliphatic carbocycles. The van der Waals surface area contributed by atoms with E-state index < -0.39 is 83.7 Å². The second-order valence-electron chi connectivity index (χ2n) is 13.6. The summed E-state index contributed by atoms with van der Waals surface area (Å²) in [6.07, 6.45) is -4.29. The summed E-state index contributed by atoms with van der Waals surface area (Å²) in [5, 5.41) is 78.0. The fraction of sp³-hybridized carbons (Fsp3) is 0.316. The van der Waals surface area contributed by atoms with Crippen molar-refractivity contribution in [2.24, 2.45) is 12.2 Å². The van der Waals surface area contributed by atoms with Gasteiger partial charge in [0.05, 0.1) is 13.2 Å². The number of carboxylic acid groups (broad SMARTS) is 1. The van der Waals surface area contributed by atoms with E-state index in [0.29, 0.717) is 5.57 Å². The number of nitrogens with zero attached hydrogens (tertiary/aromatic N) is 6. The zero-order chi connectivity index (χ0) is 47.6. The number of carbonyl (C=O) groups is 5. The van der Waals surface area contributed by atoms with Crippen LogP contribution in [0.2, 0.25) is 0 Å². The molecule has 12 N–H and O–H groups in total. The summed E-state index contributed by atoms with van der Waals surface area (Å²) >= 11 is 3.41. The molecule has 27 heteroatoms. The molecule has 5 heterocycles. The van der Waals surface area contributed by atoms with Crippen LogP contribution in [0.3, 0.4) is 0 Å². The van der Waals surface area contributed by atoms with Gasteiger partial charge in [-0.15, -0.1) is 28.2 Å². The number of aliphatic hydroxyl groups excluding tert-OH is 5. The van der Waals surface area contributed by atoms with Crippen LogP contribution in [0.15, 0.2) is 92.4 Å². The minimum Gasteiger partial charge on any atom is -0.488 e. The number of aliphatic carboxylic acids is 1. The zero-order valence-electron chi connectivity index (χ0n) is 34.0. The summed E-state index contributed by atoms with van der Waals surface area (Å²) in [5.74, 6) is -3.39. The lowest BCUT2D eigenvalue weighted by Gasteiger charge is -2.49. The second kappa shape index (κ2) is 22.0. The molecule has 0 spiro atoms. The Bertz CT molecular complexity index is 2460. The van der Waals surface area contributed by atoms with E-state index in [4.69, 9.17) is 36.1 Å². The Balaban J connectivity index is 0.000000226. The maximum absolute atomic E-state index is 12.9. The number of urea groups is 1. The lowest BCUT2D eigenvalue weighted by Crippen LogP contribution is -2.71. The third-order valence-electron chi connectivity index (χ3n) is 9.43. The maximum atomic E-state index is 12.9. The monoisotopic (exact) mass is 958 g/mol. The molecule has 5 amide bonds. The summed E-state index contributed by atoms with van der Waals surface area (Å²) in [6, 6.07) is 17.0. The Labute approximate surface area is 379 Å². The van der Waals surface area contributed by atoms with E-state index in [-0.39, 0.29) is 44.8 Å². The van der Waals surface area contributed by atoms with Crippen LogP contribution >= 0.6 is 34.9 Å². The number of aryl methyl sites for hydroxylation is 1. The van der Waals surface area contributed by atoms with Gasteiger partial charge in [0.25, 0.3) is 23.6 Å². The number of rotatable bonds is 14. The lowest BCUT2D eigenvalue weighted by atomic mass is 9.83. The number of aliphatic hydroxyl groups is 5. The summed E-state index contributed by atoms with van der Waals surface area (Å²) in [4.78, 5) is 86.8. The summed E-state index contributed by atoms with van der Waals surface area (Å²) in [5.41, 5.74) is 5.28. The van der Waals surface area contributed by atoms with Crippen molar-refractivity contribution in [2.45, 2.75) is 40.4 Å². The van der Waals surface area contributed by atoms with Crippen molar-refractivity contribution in [2.75, 3.05) is 37.6 Å². The number of β-lactam (4-membered cyclic amide) rings is 1. The molecule has 7 rings (SSSR count). The highest BCUT2D eigenvalue weighted by molar-refractivity contribution is 8.01. The van der Waals surface area contributed by atoms with Gasteiger partial charge in [0.2, 0.25) is 0 Å². The average molecular weight is 959 g/mol. The van der Waals surface area contributed by atoms with Gasteiger partial charge < -0.3 is 57.0 Å². The molecule has 4 aromatic rings. The number of imide groups is 1. The molecule has 0 bridgehead atoms. The molecule has 0 saturated carbocycles. The molecule has 0 radical (unpaired) electrons. The van der Waals surface area contributed by atoms with E-state index in [2.05, 4.69) is 36.2 Å². The minimum atomic E-state index is -1.49. The van der Waals surface area contributed by atoms with E-state index in [1.165, 1.54) is 36.0 Å². The van der Waals surface area contributed by atoms with Crippen LogP contribution in [0.25, 0.3) is 0 Å². The van der Waals surface area contributed by atoms with Crippen molar-refractivity contribution in [3.05, 3.63) is 104 Å². The molecule has 2 aromatic heterocycles. The maximum Gasteiger partial charge on any atom is 0.352 e. The second-order valence-corrected chi connectivity index (χ2v) is 16.6. The highest BCUT2D eigenvalue weighted by Gasteiger charge is 2.54. The molecule has 346 valence electrons.